The van der Waals surface area contributed by atoms with Gasteiger partial charge >= 0.3 is 5.97 Å². The number of aromatic nitrogens is 1. The van der Waals surface area contributed by atoms with E-state index in [1.807, 2.05) is 54.6 Å². The monoisotopic (exact) mass is 473 g/mol. The number of carboxylic acids is 1. The smallest absolute Gasteiger partial charge is 0.330 e. The van der Waals surface area contributed by atoms with Gasteiger partial charge in [0.2, 0.25) is 5.91 Å². The Hall–Kier alpha value is -3.91. The first-order valence-corrected chi connectivity index (χ1v) is 11.6. The molecule has 1 saturated carbocycles. The highest BCUT2D eigenvalue weighted by molar-refractivity contribution is 5.93. The number of carbonyl (C=O) groups excluding carboxylic acids is 1. The average molecular weight is 474 g/mol. The van der Waals surface area contributed by atoms with Crippen LogP contribution in [-0.4, -0.2) is 53.3 Å². The van der Waals surface area contributed by atoms with Crippen LogP contribution in [0.25, 0.3) is 22.2 Å². The van der Waals surface area contributed by atoms with Crippen LogP contribution in [-0.2, 0) is 9.59 Å². The third kappa shape index (κ3) is 4.33. The Bertz CT molecular complexity index is 1290. The van der Waals surface area contributed by atoms with Crippen molar-refractivity contribution >= 4 is 22.8 Å². The van der Waals surface area contributed by atoms with E-state index in [0.717, 1.165) is 22.2 Å². The highest BCUT2D eigenvalue weighted by Gasteiger charge is 2.60. The summed E-state index contributed by atoms with van der Waals surface area (Å²) in [6, 6.07) is 16.9. The molecule has 1 unspecified atom stereocenters. The largest absolute Gasteiger partial charge is 0.497 e. The van der Waals surface area contributed by atoms with Gasteiger partial charge in [-0.25, -0.2) is 9.78 Å². The van der Waals surface area contributed by atoms with Gasteiger partial charge < -0.3 is 25.2 Å². The molecule has 2 fully saturated rings. The van der Waals surface area contributed by atoms with Crippen molar-refractivity contribution in [3.05, 3.63) is 67.3 Å². The lowest BCUT2D eigenvalue weighted by atomic mass is 10.1. The fourth-order valence-electron chi connectivity index (χ4n) is 4.65. The number of aliphatic carboxylic acids is 1. The Kier molecular flexibility index (Phi) is 5.90. The lowest BCUT2D eigenvalue weighted by Gasteiger charge is -2.18. The van der Waals surface area contributed by atoms with Gasteiger partial charge in [-0.15, -0.1) is 6.58 Å². The molecule has 2 aliphatic rings. The second kappa shape index (κ2) is 9.03. The summed E-state index contributed by atoms with van der Waals surface area (Å²) in [5.41, 5.74) is 1.23. The van der Waals surface area contributed by atoms with Gasteiger partial charge in [-0.3, -0.25) is 4.79 Å². The van der Waals surface area contributed by atoms with Crippen LogP contribution in [0.1, 0.15) is 12.8 Å². The summed E-state index contributed by atoms with van der Waals surface area (Å²) in [6.45, 7) is 4.13. The normalized spacial score (nSPS) is 25.1. The van der Waals surface area contributed by atoms with Gasteiger partial charge in [-0.05, 0) is 18.6 Å². The van der Waals surface area contributed by atoms with E-state index in [2.05, 4.69) is 17.2 Å². The number of methoxy groups -OCH3 is 1. The third-order valence-corrected chi connectivity index (χ3v) is 6.78. The molecule has 1 saturated heterocycles. The van der Waals surface area contributed by atoms with Crippen LogP contribution < -0.4 is 20.1 Å². The first-order valence-electron chi connectivity index (χ1n) is 11.6. The number of benzene rings is 2. The van der Waals surface area contributed by atoms with E-state index >= 15 is 0 Å². The molecular weight excluding hydrogens is 446 g/mol. The number of rotatable bonds is 8. The van der Waals surface area contributed by atoms with Crippen molar-refractivity contribution in [3.63, 3.8) is 0 Å². The number of carbonyl (C=O) groups is 2. The molecule has 1 aromatic heterocycles. The molecule has 0 spiro atoms. The summed E-state index contributed by atoms with van der Waals surface area (Å²) in [7, 11) is 1.61. The zero-order valence-electron chi connectivity index (χ0n) is 19.4. The van der Waals surface area contributed by atoms with Gasteiger partial charge in [0.05, 0.1) is 24.4 Å². The first-order chi connectivity index (χ1) is 16.9. The molecular formula is C27H27N3O5. The van der Waals surface area contributed by atoms with E-state index < -0.39 is 17.6 Å². The van der Waals surface area contributed by atoms with E-state index in [-0.39, 0.29) is 17.9 Å². The van der Waals surface area contributed by atoms with Crippen LogP contribution in [0.3, 0.4) is 0 Å². The SMILES string of the molecule is C=CC1C[C@]1(NC(=O)[C@@H]1C[C@@H](Oc2cc(-c3ccccc3)nc3cc(OC)ccc23)CN1)C(=O)O. The predicted octanol–water partition coefficient (Wildman–Crippen LogP) is 3.17. The first kappa shape index (κ1) is 22.9. The summed E-state index contributed by atoms with van der Waals surface area (Å²) < 4.78 is 11.8. The van der Waals surface area contributed by atoms with Gasteiger partial charge in [0.1, 0.15) is 23.1 Å². The lowest BCUT2D eigenvalue weighted by Crippen LogP contribution is -2.51. The molecule has 0 radical (unpaired) electrons. The summed E-state index contributed by atoms with van der Waals surface area (Å²) in [5.74, 6) is -0.259. The molecule has 1 aliphatic carbocycles. The molecule has 8 nitrogen and oxygen atoms in total. The number of fused-ring (bicyclic) bond motifs is 1. The molecule has 1 amide bonds. The number of hydrogen-bond acceptors (Lipinski definition) is 6. The lowest BCUT2D eigenvalue weighted by molar-refractivity contribution is -0.143. The van der Waals surface area contributed by atoms with Crippen LogP contribution in [0, 0.1) is 5.92 Å². The second-order valence-corrected chi connectivity index (χ2v) is 9.00. The van der Waals surface area contributed by atoms with Crippen molar-refractivity contribution in [2.75, 3.05) is 13.7 Å². The third-order valence-electron chi connectivity index (χ3n) is 6.78. The zero-order valence-corrected chi connectivity index (χ0v) is 19.4. The molecule has 3 aromatic rings. The van der Waals surface area contributed by atoms with Crippen molar-refractivity contribution in [1.82, 2.24) is 15.6 Å². The number of hydrogen-bond donors (Lipinski definition) is 3. The summed E-state index contributed by atoms with van der Waals surface area (Å²) in [5, 5.41) is 16.3. The number of amides is 1. The van der Waals surface area contributed by atoms with Gasteiger partial charge in [0.25, 0.3) is 0 Å². The number of nitrogens with zero attached hydrogens (tertiary/aromatic N) is 1. The fourth-order valence-corrected chi connectivity index (χ4v) is 4.65. The van der Waals surface area contributed by atoms with Gasteiger partial charge in [0.15, 0.2) is 0 Å². The highest BCUT2D eigenvalue weighted by Crippen LogP contribution is 2.44. The molecule has 2 heterocycles. The minimum Gasteiger partial charge on any atom is -0.497 e. The van der Waals surface area contributed by atoms with E-state index in [1.165, 1.54) is 0 Å². The van der Waals surface area contributed by atoms with Gasteiger partial charge in [0, 0.05) is 42.0 Å². The fraction of sp³-hybridized carbons (Fsp3) is 0.296. The van der Waals surface area contributed by atoms with Crippen LogP contribution >= 0.6 is 0 Å². The topological polar surface area (TPSA) is 110 Å². The van der Waals surface area contributed by atoms with Crippen LogP contribution in [0.4, 0.5) is 0 Å². The van der Waals surface area contributed by atoms with Crippen molar-refractivity contribution in [3.8, 4) is 22.8 Å². The summed E-state index contributed by atoms with van der Waals surface area (Å²) in [4.78, 5) is 29.3. The van der Waals surface area contributed by atoms with E-state index in [0.29, 0.717) is 30.9 Å². The molecule has 35 heavy (non-hydrogen) atoms. The zero-order chi connectivity index (χ0) is 24.6. The van der Waals surface area contributed by atoms with Crippen molar-refractivity contribution in [1.29, 1.82) is 0 Å². The molecule has 0 bridgehead atoms. The Balaban J connectivity index is 1.36. The minimum absolute atomic E-state index is 0.256. The van der Waals surface area contributed by atoms with Crippen molar-refractivity contribution < 1.29 is 24.2 Å². The maximum Gasteiger partial charge on any atom is 0.330 e. The van der Waals surface area contributed by atoms with Crippen LogP contribution in [0.2, 0.25) is 0 Å². The number of nitrogens with one attached hydrogen (secondary N) is 2. The van der Waals surface area contributed by atoms with Crippen molar-refractivity contribution in [2.24, 2.45) is 5.92 Å². The van der Waals surface area contributed by atoms with Gasteiger partial charge in [-0.2, -0.15) is 0 Å². The maximum absolute atomic E-state index is 12.8. The molecule has 4 atom stereocenters. The van der Waals surface area contributed by atoms with E-state index in [4.69, 9.17) is 14.5 Å². The van der Waals surface area contributed by atoms with Crippen LogP contribution in [0.5, 0.6) is 11.5 Å². The number of carboxylic acid groups (broad SMARTS) is 1. The predicted molar refractivity (Wildman–Crippen MR) is 131 cm³/mol. The molecule has 3 N–H and O–H groups in total. The maximum atomic E-state index is 12.8. The van der Waals surface area contributed by atoms with E-state index in [1.54, 1.807) is 13.2 Å². The molecule has 8 heteroatoms. The second-order valence-electron chi connectivity index (χ2n) is 9.00. The highest BCUT2D eigenvalue weighted by atomic mass is 16.5. The van der Waals surface area contributed by atoms with Crippen molar-refractivity contribution in [2.45, 2.75) is 30.5 Å². The average Bonchev–Trinajstić information content (AvgIpc) is 3.40. The molecule has 5 rings (SSSR count). The molecule has 180 valence electrons. The standard InChI is InChI=1S/C27H27N3O5/c1-3-17-14-27(17,26(32)33)30-25(31)23-12-19(15-28-23)35-24-13-21(16-7-5-4-6-8-16)29-22-11-18(34-2)9-10-20(22)24/h3-11,13,17,19,23,28H,1,12,14-15H2,2H3,(H,30,31)(H,32,33)/t17?,19-,23+,27-/m1/s1. The number of ether oxygens (including phenoxy) is 2. The van der Waals surface area contributed by atoms with Gasteiger partial charge in [-0.1, -0.05) is 36.4 Å². The summed E-state index contributed by atoms with van der Waals surface area (Å²) >= 11 is 0. The Morgan fingerprint density at radius 1 is 1.23 bits per heavy atom. The Morgan fingerprint density at radius 2 is 2.03 bits per heavy atom. The molecule has 2 aromatic carbocycles. The Morgan fingerprint density at radius 3 is 2.71 bits per heavy atom. The summed E-state index contributed by atoms with van der Waals surface area (Å²) in [6.07, 6.45) is 2.09. The molecule has 1 aliphatic heterocycles. The minimum atomic E-state index is -1.25. The number of pyridine rings is 1. The quantitative estimate of drug-likeness (QED) is 0.431. The Labute approximate surface area is 203 Å². The van der Waals surface area contributed by atoms with E-state index in [9.17, 15) is 14.7 Å². The van der Waals surface area contributed by atoms with Crippen LogP contribution in [0.15, 0.2) is 67.3 Å².